The van der Waals surface area contributed by atoms with Gasteiger partial charge in [0, 0.05) is 7.05 Å². The van der Waals surface area contributed by atoms with Crippen LogP contribution in [0.5, 0.6) is 11.5 Å². The first kappa shape index (κ1) is 19.6. The second-order valence-corrected chi connectivity index (χ2v) is 6.65. The maximum Gasteiger partial charge on any atom is 0.318 e. The Morgan fingerprint density at radius 1 is 1.36 bits per heavy atom. The second kappa shape index (κ2) is 8.69. The first-order valence-electron chi connectivity index (χ1n) is 9.32. The van der Waals surface area contributed by atoms with Crippen molar-refractivity contribution in [3.8, 4) is 11.5 Å². The quantitative estimate of drug-likeness (QED) is 0.295. The number of ether oxygens (including phenoxy) is 2. The van der Waals surface area contributed by atoms with E-state index >= 15 is 0 Å². The molecule has 0 spiro atoms. The molecule has 0 N–H and O–H groups in total. The van der Waals surface area contributed by atoms with Crippen molar-refractivity contribution in [2.75, 3.05) is 6.61 Å². The fourth-order valence-corrected chi connectivity index (χ4v) is 3.22. The molecule has 0 radical (unpaired) electrons. The van der Waals surface area contributed by atoms with Gasteiger partial charge in [0.05, 0.1) is 17.6 Å². The van der Waals surface area contributed by atoms with Gasteiger partial charge in [0.2, 0.25) is 11.5 Å². The smallest absolute Gasteiger partial charge is 0.318 e. The molecule has 1 aliphatic carbocycles. The van der Waals surface area contributed by atoms with Gasteiger partial charge in [-0.05, 0) is 56.4 Å². The molecular weight excluding hydrogens is 362 g/mol. The van der Waals surface area contributed by atoms with Gasteiger partial charge >= 0.3 is 5.69 Å². The zero-order valence-corrected chi connectivity index (χ0v) is 16.0. The summed E-state index contributed by atoms with van der Waals surface area (Å²) in [5, 5.41) is 14.9. The molecular formula is C20H23N3O5. The first-order chi connectivity index (χ1) is 13.5. The van der Waals surface area contributed by atoms with Crippen LogP contribution in [0.15, 0.2) is 30.5 Å². The number of benzene rings is 1. The van der Waals surface area contributed by atoms with Crippen molar-refractivity contribution in [2.24, 2.45) is 7.05 Å². The van der Waals surface area contributed by atoms with Crippen molar-refractivity contribution in [1.29, 1.82) is 0 Å². The van der Waals surface area contributed by atoms with Crippen molar-refractivity contribution in [1.82, 2.24) is 9.78 Å². The van der Waals surface area contributed by atoms with Crippen LogP contribution in [0.25, 0.3) is 6.08 Å². The summed E-state index contributed by atoms with van der Waals surface area (Å²) in [6, 6.07) is 5.45. The Bertz CT molecular complexity index is 897. The van der Waals surface area contributed by atoms with Gasteiger partial charge in [-0.3, -0.25) is 19.6 Å². The molecule has 0 amide bonds. The highest BCUT2D eigenvalue weighted by Gasteiger charge is 2.23. The van der Waals surface area contributed by atoms with E-state index in [2.05, 4.69) is 5.10 Å². The van der Waals surface area contributed by atoms with Crippen molar-refractivity contribution in [2.45, 2.75) is 38.7 Å². The summed E-state index contributed by atoms with van der Waals surface area (Å²) in [4.78, 5) is 22.8. The van der Waals surface area contributed by atoms with Crippen molar-refractivity contribution >= 4 is 17.5 Å². The predicted octanol–water partition coefficient (Wildman–Crippen LogP) is 3.94. The van der Waals surface area contributed by atoms with E-state index in [1.54, 1.807) is 12.1 Å². The summed E-state index contributed by atoms with van der Waals surface area (Å²) in [5.41, 5.74) is 0.233. The summed E-state index contributed by atoms with van der Waals surface area (Å²) in [7, 11) is 1.53. The molecule has 1 saturated carbocycles. The van der Waals surface area contributed by atoms with Crippen LogP contribution in [0.2, 0.25) is 0 Å². The number of hydrogen-bond donors (Lipinski definition) is 0. The monoisotopic (exact) mass is 385 g/mol. The fourth-order valence-electron chi connectivity index (χ4n) is 3.22. The summed E-state index contributed by atoms with van der Waals surface area (Å²) < 4.78 is 13.0. The summed E-state index contributed by atoms with van der Waals surface area (Å²) in [6.07, 6.45) is 8.74. The second-order valence-electron chi connectivity index (χ2n) is 6.65. The third-order valence-electron chi connectivity index (χ3n) is 4.53. The molecule has 1 heterocycles. The molecule has 2 aromatic rings. The number of aromatic nitrogens is 2. The summed E-state index contributed by atoms with van der Waals surface area (Å²) >= 11 is 0. The Morgan fingerprint density at radius 3 is 2.79 bits per heavy atom. The van der Waals surface area contributed by atoms with E-state index in [1.165, 1.54) is 36.8 Å². The molecule has 8 nitrogen and oxygen atoms in total. The minimum Gasteiger partial charge on any atom is -0.490 e. The third-order valence-corrected chi connectivity index (χ3v) is 4.53. The third kappa shape index (κ3) is 4.57. The Labute approximate surface area is 162 Å². The average molecular weight is 385 g/mol. The number of rotatable bonds is 8. The number of aryl methyl sites for hydroxylation is 1. The summed E-state index contributed by atoms with van der Waals surface area (Å²) in [5.74, 6) is 0.780. The van der Waals surface area contributed by atoms with Gasteiger partial charge in [-0.2, -0.15) is 5.10 Å². The number of carbonyl (C=O) groups excluding carboxylic acids is 1. The molecule has 0 atom stereocenters. The van der Waals surface area contributed by atoms with E-state index < -0.39 is 10.7 Å². The van der Waals surface area contributed by atoms with Crippen LogP contribution in [0.4, 0.5) is 5.69 Å². The van der Waals surface area contributed by atoms with Crippen molar-refractivity contribution < 1.29 is 19.2 Å². The zero-order valence-electron chi connectivity index (χ0n) is 16.0. The number of carbonyl (C=O) groups is 1. The van der Waals surface area contributed by atoms with E-state index in [1.807, 2.05) is 19.1 Å². The first-order valence-corrected chi connectivity index (χ1v) is 9.32. The Morgan fingerprint density at radius 2 is 2.11 bits per heavy atom. The van der Waals surface area contributed by atoms with Crippen LogP contribution >= 0.6 is 0 Å². The number of nitrogens with zero attached hydrogens (tertiary/aromatic N) is 3. The summed E-state index contributed by atoms with van der Waals surface area (Å²) in [6.45, 7) is 2.39. The predicted molar refractivity (Wildman–Crippen MR) is 104 cm³/mol. The fraction of sp³-hybridized carbons (Fsp3) is 0.400. The molecule has 148 valence electrons. The Hall–Kier alpha value is -3.16. The van der Waals surface area contributed by atoms with Gasteiger partial charge in [-0.15, -0.1) is 0 Å². The molecule has 1 aliphatic rings. The molecule has 0 bridgehead atoms. The number of allylic oxidation sites excluding steroid dienone is 1. The van der Waals surface area contributed by atoms with E-state index in [-0.39, 0.29) is 17.5 Å². The van der Waals surface area contributed by atoms with Crippen LogP contribution in [-0.4, -0.2) is 33.2 Å². The number of ketones is 1. The zero-order chi connectivity index (χ0) is 20.1. The van der Waals surface area contributed by atoms with Gasteiger partial charge in [0.1, 0.15) is 6.20 Å². The maximum atomic E-state index is 12.3. The lowest BCUT2D eigenvalue weighted by atomic mass is 10.1. The van der Waals surface area contributed by atoms with Crippen LogP contribution in [0.1, 0.15) is 48.7 Å². The van der Waals surface area contributed by atoms with Gasteiger partial charge < -0.3 is 9.47 Å². The normalized spacial score (nSPS) is 14.5. The highest BCUT2D eigenvalue weighted by Crippen LogP contribution is 2.33. The Balaban J connectivity index is 1.78. The van der Waals surface area contributed by atoms with E-state index in [0.717, 1.165) is 18.4 Å². The standard InChI is InChI=1S/C20H23N3O5/c1-3-27-19-12-14(9-11-18(19)28-15-6-4-5-7-15)8-10-17(24)20-16(23(25)26)13-22(2)21-20/h8-13,15H,3-7H2,1-2H3/b10-8+. The van der Waals surface area contributed by atoms with Crippen LogP contribution < -0.4 is 9.47 Å². The maximum absolute atomic E-state index is 12.3. The highest BCUT2D eigenvalue weighted by molar-refractivity contribution is 6.08. The van der Waals surface area contributed by atoms with Gasteiger partial charge in [-0.1, -0.05) is 12.1 Å². The molecule has 1 aromatic heterocycles. The molecule has 28 heavy (non-hydrogen) atoms. The molecule has 0 unspecified atom stereocenters. The minimum atomic E-state index is -0.615. The molecule has 1 fully saturated rings. The van der Waals surface area contributed by atoms with E-state index in [4.69, 9.17) is 9.47 Å². The number of nitro groups is 1. The Kier molecular flexibility index (Phi) is 6.08. The van der Waals surface area contributed by atoms with Crippen LogP contribution in [0, 0.1) is 10.1 Å². The van der Waals surface area contributed by atoms with Crippen LogP contribution in [-0.2, 0) is 7.05 Å². The molecule has 0 aliphatic heterocycles. The van der Waals surface area contributed by atoms with Crippen molar-refractivity contribution in [3.63, 3.8) is 0 Å². The van der Waals surface area contributed by atoms with E-state index in [0.29, 0.717) is 18.1 Å². The largest absolute Gasteiger partial charge is 0.490 e. The SMILES string of the molecule is CCOc1cc(/C=C/C(=O)c2nn(C)cc2[N+](=O)[O-])ccc1OC1CCCC1. The van der Waals surface area contributed by atoms with Crippen LogP contribution in [0.3, 0.4) is 0 Å². The lowest BCUT2D eigenvalue weighted by Gasteiger charge is -2.17. The minimum absolute atomic E-state index is 0.185. The van der Waals surface area contributed by atoms with Gasteiger partial charge in [-0.25, -0.2) is 0 Å². The number of hydrogen-bond acceptors (Lipinski definition) is 6. The van der Waals surface area contributed by atoms with Gasteiger partial charge in [0.25, 0.3) is 0 Å². The lowest BCUT2D eigenvalue weighted by molar-refractivity contribution is -0.385. The highest BCUT2D eigenvalue weighted by atomic mass is 16.6. The molecule has 3 rings (SSSR count). The topological polar surface area (TPSA) is 96.5 Å². The average Bonchev–Trinajstić information content (AvgIpc) is 3.31. The molecule has 0 saturated heterocycles. The lowest BCUT2D eigenvalue weighted by Crippen LogP contribution is -2.11. The van der Waals surface area contributed by atoms with E-state index in [9.17, 15) is 14.9 Å². The van der Waals surface area contributed by atoms with Gasteiger partial charge in [0.15, 0.2) is 11.5 Å². The van der Waals surface area contributed by atoms with Crippen molar-refractivity contribution in [3.05, 3.63) is 51.8 Å². The molecule has 1 aromatic carbocycles. The molecule has 8 heteroatoms.